The van der Waals surface area contributed by atoms with Crippen LogP contribution in [0.1, 0.15) is 22.8 Å². The lowest BCUT2D eigenvalue weighted by Gasteiger charge is -2.06. The van der Waals surface area contributed by atoms with E-state index in [0.29, 0.717) is 15.5 Å². The van der Waals surface area contributed by atoms with Crippen LogP contribution in [-0.2, 0) is 12.4 Å². The summed E-state index contributed by atoms with van der Waals surface area (Å²) in [7, 11) is -1.35. The molecule has 0 aliphatic heterocycles. The molecule has 0 spiro atoms. The van der Waals surface area contributed by atoms with Gasteiger partial charge in [0.05, 0.1) is 0 Å². The fourth-order valence-electron chi connectivity index (χ4n) is 3.80. The Morgan fingerprint density at radius 1 is 0.591 bits per heavy atom. The van der Waals surface area contributed by atoms with Crippen LogP contribution in [0.5, 0.6) is 0 Å². The van der Waals surface area contributed by atoms with Crippen molar-refractivity contribution in [1.29, 1.82) is 0 Å². The monoisotopic (exact) mass is 678 g/mol. The van der Waals surface area contributed by atoms with E-state index in [1.807, 2.05) is 50.2 Å². The summed E-state index contributed by atoms with van der Waals surface area (Å²) in [6, 6.07) is 20.9. The van der Waals surface area contributed by atoms with E-state index in [-0.39, 0.29) is 11.3 Å². The summed E-state index contributed by atoms with van der Waals surface area (Å²) in [5, 5.41) is 30.5. The first kappa shape index (κ1) is 32.6. The Hall–Kier alpha value is -4.28. The topological polar surface area (TPSA) is 101 Å². The first-order valence-corrected chi connectivity index (χ1v) is 13.4. The van der Waals surface area contributed by atoms with Crippen LogP contribution in [0.4, 0.5) is 26.3 Å². The van der Waals surface area contributed by atoms with Gasteiger partial charge in [-0.2, -0.15) is 26.3 Å². The van der Waals surface area contributed by atoms with E-state index in [1.165, 1.54) is 24.5 Å². The fourth-order valence-corrected chi connectivity index (χ4v) is 4.13. The van der Waals surface area contributed by atoms with Gasteiger partial charge in [-0.25, -0.2) is 0 Å². The summed E-state index contributed by atoms with van der Waals surface area (Å²) in [6.45, 7) is 3.90. The molecule has 8 nitrogen and oxygen atoms in total. The standard InChI is InChI=1S/C14H10F3N3.C7H9BO2.C7H3BrF3N3/c1-9-2-4-10(5-3-9)11-6-7-12-18-19-13(14(15,16)17)20(12)8-11;1-6-2-4-7(5-3-6)8(9)10;8-4-1-2-5-12-13-6(7(9,10)11)14(5)3-4/h2-8H,1H3;2-5,9-10H,1H3;1-3H. The largest absolute Gasteiger partial charge is 0.488 e. The Bertz CT molecular complexity index is 1860. The highest BCUT2D eigenvalue weighted by Gasteiger charge is 2.37. The van der Waals surface area contributed by atoms with Crippen molar-refractivity contribution in [3.8, 4) is 11.1 Å². The number of halogens is 7. The number of aryl methyl sites for hydroxylation is 2. The van der Waals surface area contributed by atoms with Crippen LogP contribution in [0.15, 0.2) is 89.7 Å². The van der Waals surface area contributed by atoms with Crippen molar-refractivity contribution >= 4 is 39.8 Å². The van der Waals surface area contributed by atoms with Crippen LogP contribution in [0.3, 0.4) is 0 Å². The molecule has 4 heterocycles. The molecule has 0 aliphatic rings. The van der Waals surface area contributed by atoms with Gasteiger partial charge in [-0.1, -0.05) is 59.7 Å². The van der Waals surface area contributed by atoms with E-state index in [1.54, 1.807) is 24.3 Å². The Morgan fingerprint density at radius 2 is 1.02 bits per heavy atom. The lowest BCUT2D eigenvalue weighted by atomic mass is 9.80. The van der Waals surface area contributed by atoms with E-state index < -0.39 is 31.1 Å². The molecule has 0 atom stereocenters. The van der Waals surface area contributed by atoms with Gasteiger partial charge < -0.3 is 10.0 Å². The minimum atomic E-state index is -4.52. The van der Waals surface area contributed by atoms with Crippen molar-refractivity contribution in [2.45, 2.75) is 26.2 Å². The zero-order chi connectivity index (χ0) is 32.2. The maximum absolute atomic E-state index is 12.8. The van der Waals surface area contributed by atoms with Crippen LogP contribution >= 0.6 is 15.9 Å². The zero-order valence-corrected chi connectivity index (χ0v) is 24.5. The summed E-state index contributed by atoms with van der Waals surface area (Å²) in [5.74, 6) is -2.03. The molecular formula is C28H22BBrF6N6O2. The van der Waals surface area contributed by atoms with E-state index in [9.17, 15) is 26.3 Å². The maximum atomic E-state index is 12.8. The minimum absolute atomic E-state index is 0.167. The van der Waals surface area contributed by atoms with Crippen molar-refractivity contribution in [1.82, 2.24) is 29.2 Å². The Labute approximate surface area is 254 Å². The van der Waals surface area contributed by atoms with E-state index >= 15 is 0 Å². The van der Waals surface area contributed by atoms with Gasteiger partial charge in [-0.15, -0.1) is 20.4 Å². The predicted octanol–water partition coefficient (Wildman–Crippen LogP) is 5.91. The van der Waals surface area contributed by atoms with Gasteiger partial charge >= 0.3 is 19.5 Å². The molecule has 6 rings (SSSR count). The van der Waals surface area contributed by atoms with Crippen molar-refractivity contribution in [2.75, 3.05) is 0 Å². The molecule has 0 bridgehead atoms. The Morgan fingerprint density at radius 3 is 1.50 bits per heavy atom. The van der Waals surface area contributed by atoms with Crippen molar-refractivity contribution in [2.24, 2.45) is 0 Å². The third kappa shape index (κ3) is 8.01. The molecule has 16 heteroatoms. The van der Waals surface area contributed by atoms with Gasteiger partial charge in [0.15, 0.2) is 11.3 Å². The second kappa shape index (κ2) is 13.2. The van der Waals surface area contributed by atoms with Gasteiger partial charge in [0, 0.05) is 16.9 Å². The van der Waals surface area contributed by atoms with Crippen molar-refractivity contribution in [3.63, 3.8) is 0 Å². The van der Waals surface area contributed by atoms with E-state index in [4.69, 9.17) is 10.0 Å². The van der Waals surface area contributed by atoms with Crippen LogP contribution < -0.4 is 5.46 Å². The lowest BCUT2D eigenvalue weighted by Crippen LogP contribution is -2.29. The number of hydrogen-bond acceptors (Lipinski definition) is 6. The molecule has 44 heavy (non-hydrogen) atoms. The predicted molar refractivity (Wildman–Crippen MR) is 155 cm³/mol. The van der Waals surface area contributed by atoms with Crippen LogP contribution in [0.2, 0.25) is 0 Å². The smallest absolute Gasteiger partial charge is 0.423 e. The van der Waals surface area contributed by atoms with Crippen LogP contribution in [-0.4, -0.2) is 46.4 Å². The molecule has 4 aromatic heterocycles. The van der Waals surface area contributed by atoms with Crippen molar-refractivity contribution in [3.05, 3.63) is 112 Å². The lowest BCUT2D eigenvalue weighted by molar-refractivity contribution is -0.146. The number of aromatic nitrogens is 6. The molecular weight excluding hydrogens is 657 g/mol. The second-order valence-electron chi connectivity index (χ2n) is 9.41. The molecule has 0 saturated heterocycles. The molecule has 2 N–H and O–H groups in total. The number of benzene rings is 2. The second-order valence-corrected chi connectivity index (χ2v) is 10.3. The van der Waals surface area contributed by atoms with E-state index in [2.05, 4.69) is 36.3 Å². The third-order valence-corrected chi connectivity index (χ3v) is 6.51. The van der Waals surface area contributed by atoms with Gasteiger partial charge in [0.2, 0.25) is 11.6 Å². The number of alkyl halides is 6. The van der Waals surface area contributed by atoms with Gasteiger partial charge in [0.25, 0.3) is 0 Å². The summed E-state index contributed by atoms with van der Waals surface area (Å²) in [6.07, 6.45) is -6.33. The molecule has 228 valence electrons. The average Bonchev–Trinajstić information content (AvgIpc) is 3.58. The highest BCUT2D eigenvalue weighted by molar-refractivity contribution is 9.10. The molecule has 0 radical (unpaired) electrons. The SMILES string of the molecule is Cc1ccc(-c2ccc3nnc(C(F)(F)F)n3c2)cc1.Cc1ccc(B(O)O)cc1.FC(F)(F)c1nnc2ccc(Br)cn12. The van der Waals surface area contributed by atoms with E-state index in [0.717, 1.165) is 25.5 Å². The Balaban J connectivity index is 0.000000161. The zero-order valence-electron chi connectivity index (χ0n) is 22.9. The van der Waals surface area contributed by atoms with Crippen molar-refractivity contribution < 1.29 is 36.4 Å². The summed E-state index contributed by atoms with van der Waals surface area (Å²) < 4.78 is 77.9. The summed E-state index contributed by atoms with van der Waals surface area (Å²) in [4.78, 5) is 0. The Kier molecular flexibility index (Phi) is 9.76. The van der Waals surface area contributed by atoms with Gasteiger partial charge in [-0.3, -0.25) is 8.80 Å². The molecule has 0 aliphatic carbocycles. The molecule has 0 fully saturated rings. The summed E-state index contributed by atoms with van der Waals surface area (Å²) in [5.41, 5.74) is 4.61. The molecule has 0 amide bonds. The van der Waals surface area contributed by atoms with Crippen LogP contribution in [0, 0.1) is 13.8 Å². The highest BCUT2D eigenvalue weighted by atomic mass is 79.9. The number of fused-ring (bicyclic) bond motifs is 2. The first-order valence-electron chi connectivity index (χ1n) is 12.6. The molecule has 6 aromatic rings. The van der Waals surface area contributed by atoms with Gasteiger partial charge in [0.1, 0.15) is 0 Å². The molecule has 2 aromatic carbocycles. The quantitative estimate of drug-likeness (QED) is 0.175. The summed E-state index contributed by atoms with van der Waals surface area (Å²) >= 11 is 3.07. The number of hydrogen-bond donors (Lipinski definition) is 2. The number of pyridine rings is 2. The van der Waals surface area contributed by atoms with Gasteiger partial charge in [-0.05, 0) is 70.6 Å². The fraction of sp³-hybridized carbons (Fsp3) is 0.143. The minimum Gasteiger partial charge on any atom is -0.423 e. The average molecular weight is 679 g/mol. The third-order valence-electron chi connectivity index (χ3n) is 6.04. The maximum Gasteiger partial charge on any atom is 0.488 e. The number of rotatable bonds is 2. The normalized spacial score (nSPS) is 11.5. The highest BCUT2D eigenvalue weighted by Crippen LogP contribution is 2.30. The molecule has 0 saturated carbocycles. The molecule has 0 unspecified atom stereocenters. The van der Waals surface area contributed by atoms with Crippen LogP contribution in [0.25, 0.3) is 22.4 Å². The number of nitrogens with zero attached hydrogens (tertiary/aromatic N) is 6. The first-order chi connectivity index (χ1) is 20.6.